The van der Waals surface area contributed by atoms with Crippen molar-refractivity contribution in [1.29, 1.82) is 0 Å². The van der Waals surface area contributed by atoms with E-state index in [0.29, 0.717) is 43.7 Å². The Morgan fingerprint density at radius 2 is 1.76 bits per heavy atom. The molecule has 0 saturated carbocycles. The van der Waals surface area contributed by atoms with Crippen LogP contribution in [0.5, 0.6) is 0 Å². The van der Waals surface area contributed by atoms with Crippen LogP contribution in [-0.4, -0.2) is 46.7 Å². The molecule has 3 rings (SSSR count). The van der Waals surface area contributed by atoms with Gasteiger partial charge < -0.3 is 15.1 Å². The van der Waals surface area contributed by atoms with E-state index < -0.39 is 6.04 Å². The molecule has 1 N–H and O–H groups in total. The summed E-state index contributed by atoms with van der Waals surface area (Å²) < 4.78 is 0. The highest BCUT2D eigenvalue weighted by molar-refractivity contribution is 6.34. The molecule has 0 aliphatic carbocycles. The van der Waals surface area contributed by atoms with Crippen molar-refractivity contribution in [1.82, 2.24) is 9.80 Å². The molecule has 2 aromatic carbocycles. The number of hydrogen-bond donors (Lipinski definition) is 1. The fraction of sp³-hybridized carbons (Fsp3) is 0.423. The fourth-order valence-electron chi connectivity index (χ4n) is 4.16. The van der Waals surface area contributed by atoms with Gasteiger partial charge in [0.1, 0.15) is 6.04 Å². The molecule has 1 atom stereocenters. The summed E-state index contributed by atoms with van der Waals surface area (Å²) in [5.41, 5.74) is 3.04. The average molecular weight is 470 g/mol. The van der Waals surface area contributed by atoms with E-state index in [-0.39, 0.29) is 28.7 Å². The maximum absolute atomic E-state index is 13.3. The Kier molecular flexibility index (Phi) is 8.14. The third-order valence-electron chi connectivity index (χ3n) is 5.97. The molecule has 33 heavy (non-hydrogen) atoms. The van der Waals surface area contributed by atoms with Gasteiger partial charge in [-0.25, -0.2) is 0 Å². The second-order valence-corrected chi connectivity index (χ2v) is 9.18. The van der Waals surface area contributed by atoms with Crippen molar-refractivity contribution in [2.75, 3.05) is 18.4 Å². The highest BCUT2D eigenvalue weighted by Gasteiger charge is 2.34. The normalized spacial score (nSPS) is 15.2. The van der Waals surface area contributed by atoms with Gasteiger partial charge in [0.05, 0.1) is 10.6 Å². The van der Waals surface area contributed by atoms with Crippen molar-refractivity contribution in [3.05, 3.63) is 64.2 Å². The van der Waals surface area contributed by atoms with Gasteiger partial charge in [0, 0.05) is 38.2 Å². The molecule has 6 nitrogen and oxygen atoms in total. The number of carbonyl (C=O) groups is 3. The predicted molar refractivity (Wildman–Crippen MR) is 131 cm³/mol. The van der Waals surface area contributed by atoms with Crippen LogP contribution in [0.4, 0.5) is 5.69 Å². The number of halogens is 1. The van der Waals surface area contributed by atoms with Crippen molar-refractivity contribution >= 4 is 35.0 Å². The van der Waals surface area contributed by atoms with Gasteiger partial charge in [-0.3, -0.25) is 14.4 Å². The van der Waals surface area contributed by atoms with Crippen molar-refractivity contribution in [3.63, 3.8) is 0 Å². The smallest absolute Gasteiger partial charge is 0.255 e. The molecule has 0 aromatic heterocycles. The number of carbonyl (C=O) groups excluding carboxylic acids is 3. The summed E-state index contributed by atoms with van der Waals surface area (Å²) in [6, 6.07) is 12.2. The molecule has 0 spiro atoms. The van der Waals surface area contributed by atoms with E-state index in [2.05, 4.69) is 5.32 Å². The van der Waals surface area contributed by atoms with Crippen LogP contribution in [0.2, 0.25) is 5.02 Å². The highest BCUT2D eigenvalue weighted by atomic mass is 35.5. The lowest BCUT2D eigenvalue weighted by atomic mass is 9.92. The number of amides is 3. The third-order valence-corrected chi connectivity index (χ3v) is 6.28. The van der Waals surface area contributed by atoms with E-state index in [1.54, 1.807) is 28.0 Å². The summed E-state index contributed by atoms with van der Waals surface area (Å²) in [5, 5.41) is 3.19. The minimum absolute atomic E-state index is 0.0298. The number of benzene rings is 2. The van der Waals surface area contributed by atoms with Crippen molar-refractivity contribution < 1.29 is 14.4 Å². The molecule has 0 bridgehead atoms. The molecule has 7 heteroatoms. The Hall–Kier alpha value is -2.86. The molecule has 1 heterocycles. The first-order valence-electron chi connectivity index (χ1n) is 11.5. The lowest BCUT2D eigenvalue weighted by Crippen LogP contribution is -2.50. The Balaban J connectivity index is 1.81. The van der Waals surface area contributed by atoms with Gasteiger partial charge in [0.25, 0.3) is 5.91 Å². The fourth-order valence-corrected chi connectivity index (χ4v) is 4.42. The first-order chi connectivity index (χ1) is 15.7. The lowest BCUT2D eigenvalue weighted by Gasteiger charge is -2.36. The second-order valence-electron chi connectivity index (χ2n) is 8.77. The van der Waals surface area contributed by atoms with Crippen LogP contribution in [0.1, 0.15) is 55.6 Å². The van der Waals surface area contributed by atoms with Crippen molar-refractivity contribution in [2.24, 2.45) is 5.92 Å². The molecule has 2 aromatic rings. The van der Waals surface area contributed by atoms with E-state index in [9.17, 15) is 14.4 Å². The molecule has 1 aliphatic rings. The monoisotopic (exact) mass is 469 g/mol. The summed E-state index contributed by atoms with van der Waals surface area (Å²) in [4.78, 5) is 42.3. The Morgan fingerprint density at radius 1 is 1.09 bits per heavy atom. The largest absolute Gasteiger partial charge is 0.339 e. The van der Waals surface area contributed by atoms with Crippen LogP contribution < -0.4 is 5.32 Å². The Morgan fingerprint density at radius 3 is 2.36 bits per heavy atom. The Bertz CT molecular complexity index is 1030. The molecule has 0 radical (unpaired) electrons. The van der Waals surface area contributed by atoms with Gasteiger partial charge in [0.2, 0.25) is 11.8 Å². The van der Waals surface area contributed by atoms with E-state index in [1.807, 2.05) is 52.0 Å². The van der Waals surface area contributed by atoms with Crippen molar-refractivity contribution in [3.8, 4) is 0 Å². The van der Waals surface area contributed by atoms with Crippen LogP contribution in [0.15, 0.2) is 42.5 Å². The topological polar surface area (TPSA) is 69.7 Å². The van der Waals surface area contributed by atoms with Gasteiger partial charge in [-0.05, 0) is 49.1 Å². The van der Waals surface area contributed by atoms with Gasteiger partial charge >= 0.3 is 0 Å². The molecule has 3 amide bonds. The van der Waals surface area contributed by atoms with E-state index >= 15 is 0 Å². The predicted octanol–water partition coefficient (Wildman–Crippen LogP) is 4.76. The number of fused-ring (bicyclic) bond motifs is 1. The molecule has 1 aliphatic heterocycles. The van der Waals surface area contributed by atoms with E-state index in [0.717, 1.165) is 11.1 Å². The minimum Gasteiger partial charge on any atom is -0.339 e. The standard InChI is InChI=1S/C26H32ClN3O3/c1-5-29(6-2)26(33)21-12-11-20(15-22(21)27)28-25(32)23-14-18-9-7-8-10-19(18)16-30(23)24(31)13-17(3)4/h7-12,15,17,23H,5-6,13-14,16H2,1-4H3,(H,28,32). The molecular formula is C26H32ClN3O3. The highest BCUT2D eigenvalue weighted by Crippen LogP contribution is 2.27. The van der Waals surface area contributed by atoms with E-state index in [1.165, 1.54) is 0 Å². The van der Waals surface area contributed by atoms with Crippen LogP contribution in [0.25, 0.3) is 0 Å². The molecule has 176 valence electrons. The molecule has 0 saturated heterocycles. The average Bonchev–Trinajstić information content (AvgIpc) is 2.78. The SMILES string of the molecule is CCN(CC)C(=O)c1ccc(NC(=O)C2Cc3ccccc3CN2C(=O)CC(C)C)cc1Cl. The van der Waals surface area contributed by atoms with Crippen LogP contribution in [0, 0.1) is 5.92 Å². The quantitative estimate of drug-likeness (QED) is 0.635. The van der Waals surface area contributed by atoms with Gasteiger partial charge in [-0.15, -0.1) is 0 Å². The summed E-state index contributed by atoms with van der Waals surface area (Å²) in [5.74, 6) is -0.233. The van der Waals surface area contributed by atoms with Crippen LogP contribution in [-0.2, 0) is 22.6 Å². The minimum atomic E-state index is -0.609. The molecule has 1 unspecified atom stereocenters. The first kappa shape index (κ1) is 24.8. The van der Waals surface area contributed by atoms with Gasteiger partial charge in [-0.2, -0.15) is 0 Å². The van der Waals surface area contributed by atoms with Crippen LogP contribution >= 0.6 is 11.6 Å². The zero-order valence-corrected chi connectivity index (χ0v) is 20.5. The first-order valence-corrected chi connectivity index (χ1v) is 11.9. The summed E-state index contributed by atoms with van der Waals surface area (Å²) >= 11 is 6.39. The van der Waals surface area contributed by atoms with Crippen LogP contribution in [0.3, 0.4) is 0 Å². The Labute approximate surface area is 200 Å². The number of nitrogens with zero attached hydrogens (tertiary/aromatic N) is 2. The maximum Gasteiger partial charge on any atom is 0.255 e. The number of hydrogen-bond acceptors (Lipinski definition) is 3. The zero-order chi connectivity index (χ0) is 24.1. The summed E-state index contributed by atoms with van der Waals surface area (Å²) in [7, 11) is 0. The van der Waals surface area contributed by atoms with Gasteiger partial charge in [0.15, 0.2) is 0 Å². The number of rotatable bonds is 7. The third kappa shape index (κ3) is 5.74. The molecular weight excluding hydrogens is 438 g/mol. The lowest BCUT2D eigenvalue weighted by molar-refractivity contribution is -0.140. The summed E-state index contributed by atoms with van der Waals surface area (Å²) in [6.45, 7) is 9.41. The maximum atomic E-state index is 13.3. The number of anilines is 1. The van der Waals surface area contributed by atoms with E-state index in [4.69, 9.17) is 11.6 Å². The summed E-state index contributed by atoms with van der Waals surface area (Å²) in [6.07, 6.45) is 0.845. The van der Waals surface area contributed by atoms with Crippen molar-refractivity contribution in [2.45, 2.75) is 53.1 Å². The molecule has 0 fully saturated rings. The zero-order valence-electron chi connectivity index (χ0n) is 19.7. The number of nitrogens with one attached hydrogen (secondary N) is 1. The van der Waals surface area contributed by atoms with Gasteiger partial charge in [-0.1, -0.05) is 49.7 Å². The second kappa shape index (κ2) is 10.8.